The van der Waals surface area contributed by atoms with E-state index < -0.39 is 0 Å². The number of aromatic nitrogens is 1. The standard InChI is InChI=1S/C13H16N.C2H5O.Y/c1-8-9(2)11(4)13-12(10(8)3)6-7-14(13)5;1-2-3;/h7H,1-5H3;3H,1-2H2;/q2*-1;. The van der Waals surface area contributed by atoms with Gasteiger partial charge in [-0.05, 0) is 20.9 Å². The van der Waals surface area contributed by atoms with E-state index in [2.05, 4.69) is 52.3 Å². The van der Waals surface area contributed by atoms with Gasteiger partial charge in [-0.15, -0.1) is 11.1 Å². The van der Waals surface area contributed by atoms with Crippen molar-refractivity contribution in [3.8, 4) is 0 Å². The number of fused-ring (bicyclic) bond motifs is 1. The molecule has 2 nitrogen and oxygen atoms in total. The van der Waals surface area contributed by atoms with Crippen molar-refractivity contribution < 1.29 is 37.8 Å². The Morgan fingerprint density at radius 2 is 1.56 bits per heavy atom. The Bertz CT molecular complexity index is 529. The maximum absolute atomic E-state index is 7.46. The molecule has 18 heavy (non-hydrogen) atoms. The third kappa shape index (κ3) is 3.23. The molecule has 1 heterocycles. The fraction of sp³-hybridized carbons (Fsp3) is 0.400. The van der Waals surface area contributed by atoms with Gasteiger partial charge in [0.25, 0.3) is 0 Å². The summed E-state index contributed by atoms with van der Waals surface area (Å²) in [6, 6.07) is 3.33. The summed E-state index contributed by atoms with van der Waals surface area (Å²) in [6.45, 7) is 11.8. The zero-order chi connectivity index (χ0) is 13.2. The van der Waals surface area contributed by atoms with Crippen LogP contribution in [-0.4, -0.2) is 16.3 Å². The quantitative estimate of drug-likeness (QED) is 0.742. The van der Waals surface area contributed by atoms with Gasteiger partial charge in [-0.3, -0.25) is 0 Å². The van der Waals surface area contributed by atoms with Crippen LogP contribution in [0.4, 0.5) is 0 Å². The van der Waals surface area contributed by atoms with Crippen molar-refractivity contribution in [2.24, 2.45) is 7.05 Å². The fourth-order valence-electron chi connectivity index (χ4n) is 2.14. The molecule has 0 aliphatic rings. The molecule has 0 aliphatic heterocycles. The van der Waals surface area contributed by atoms with Crippen molar-refractivity contribution in [3.63, 3.8) is 0 Å². The predicted octanol–water partition coefficient (Wildman–Crippen LogP) is 3.02. The number of aryl methyl sites for hydroxylation is 3. The average Bonchev–Trinajstić information content (AvgIpc) is 2.67. The normalized spacial score (nSPS) is 9.72. The monoisotopic (exact) mass is 320 g/mol. The first kappa shape index (κ1) is 17.8. The first-order chi connectivity index (χ1) is 7.95. The summed E-state index contributed by atoms with van der Waals surface area (Å²) >= 11 is 0. The number of hydrogen-bond acceptors (Lipinski definition) is 1. The molecule has 97 valence electrons. The Kier molecular flexibility index (Phi) is 7.35. The minimum Gasteiger partial charge on any atom is -0.428 e. The summed E-state index contributed by atoms with van der Waals surface area (Å²) in [5.74, 6) is 0. The van der Waals surface area contributed by atoms with Gasteiger partial charge in [0.2, 0.25) is 0 Å². The van der Waals surface area contributed by atoms with Crippen LogP contribution in [0.25, 0.3) is 10.9 Å². The van der Waals surface area contributed by atoms with E-state index in [4.69, 9.17) is 5.11 Å². The number of benzene rings is 1. The molecular weight excluding hydrogens is 299 g/mol. The van der Waals surface area contributed by atoms with Crippen molar-refractivity contribution in [2.75, 3.05) is 6.61 Å². The van der Waals surface area contributed by atoms with Gasteiger partial charge in [0.15, 0.2) is 0 Å². The smallest absolute Gasteiger partial charge is 0 e. The third-order valence-electron chi connectivity index (χ3n) is 3.41. The predicted molar refractivity (Wildman–Crippen MR) is 73.1 cm³/mol. The van der Waals surface area contributed by atoms with Crippen LogP contribution in [0.5, 0.6) is 0 Å². The van der Waals surface area contributed by atoms with Crippen molar-refractivity contribution in [3.05, 3.63) is 41.4 Å². The van der Waals surface area contributed by atoms with Gasteiger partial charge in [0.05, 0.1) is 0 Å². The second-order valence-electron chi connectivity index (χ2n) is 4.33. The SMILES string of the molecule is Cc1c(C)c(C)c2c([c-]cn2C)c1C.[CH2-]CO.[Y]. The maximum atomic E-state index is 7.46. The molecule has 1 N–H and O–H groups in total. The zero-order valence-corrected chi connectivity index (χ0v) is 14.8. The summed E-state index contributed by atoms with van der Waals surface area (Å²) in [5.41, 5.74) is 6.88. The number of aliphatic hydroxyl groups is 1. The molecular formula is C15H21NOY-2. The molecule has 0 unspecified atom stereocenters. The van der Waals surface area contributed by atoms with Gasteiger partial charge < -0.3 is 16.6 Å². The van der Waals surface area contributed by atoms with Crippen LogP contribution in [0.3, 0.4) is 0 Å². The van der Waals surface area contributed by atoms with Gasteiger partial charge in [-0.25, -0.2) is 0 Å². The van der Waals surface area contributed by atoms with Crippen LogP contribution in [0.15, 0.2) is 6.20 Å². The molecule has 1 radical (unpaired) electrons. The largest absolute Gasteiger partial charge is 0.428 e. The molecule has 0 saturated heterocycles. The summed E-state index contributed by atoms with van der Waals surface area (Å²) in [7, 11) is 2.08. The van der Waals surface area contributed by atoms with Gasteiger partial charge >= 0.3 is 0 Å². The second kappa shape index (κ2) is 7.42. The van der Waals surface area contributed by atoms with Gasteiger partial charge in [-0.2, -0.15) is 11.5 Å². The maximum Gasteiger partial charge on any atom is 0 e. The van der Waals surface area contributed by atoms with Crippen molar-refractivity contribution in [2.45, 2.75) is 27.7 Å². The molecule has 1 aromatic heterocycles. The molecule has 0 atom stereocenters. The summed E-state index contributed by atoms with van der Waals surface area (Å²) < 4.78 is 2.16. The van der Waals surface area contributed by atoms with Crippen molar-refractivity contribution in [1.82, 2.24) is 4.57 Å². The van der Waals surface area contributed by atoms with Crippen LogP contribution >= 0.6 is 0 Å². The van der Waals surface area contributed by atoms with Crippen LogP contribution < -0.4 is 0 Å². The third-order valence-corrected chi connectivity index (χ3v) is 3.41. The van der Waals surface area contributed by atoms with E-state index in [1.165, 1.54) is 33.2 Å². The average molecular weight is 320 g/mol. The summed E-state index contributed by atoms with van der Waals surface area (Å²) in [4.78, 5) is 0. The van der Waals surface area contributed by atoms with E-state index in [-0.39, 0.29) is 39.3 Å². The van der Waals surface area contributed by atoms with Crippen LogP contribution in [0, 0.1) is 40.7 Å². The van der Waals surface area contributed by atoms with Crippen molar-refractivity contribution in [1.29, 1.82) is 0 Å². The van der Waals surface area contributed by atoms with E-state index in [0.717, 1.165) is 0 Å². The topological polar surface area (TPSA) is 25.2 Å². The minimum atomic E-state index is 0. The number of hydrogen-bond donors (Lipinski definition) is 1. The van der Waals surface area contributed by atoms with E-state index >= 15 is 0 Å². The molecule has 0 amide bonds. The zero-order valence-electron chi connectivity index (χ0n) is 12.0. The molecule has 0 fully saturated rings. The first-order valence-electron chi connectivity index (χ1n) is 5.78. The van der Waals surface area contributed by atoms with Crippen LogP contribution in [-0.2, 0) is 39.8 Å². The Morgan fingerprint density at radius 1 is 1.11 bits per heavy atom. The Morgan fingerprint density at radius 3 is 2.06 bits per heavy atom. The molecule has 3 heteroatoms. The Balaban J connectivity index is 0.000000660. The molecule has 0 saturated carbocycles. The number of nitrogens with zero attached hydrogens (tertiary/aromatic N) is 1. The fourth-order valence-corrected chi connectivity index (χ4v) is 2.14. The van der Waals surface area contributed by atoms with Crippen LogP contribution in [0.2, 0.25) is 0 Å². The van der Waals surface area contributed by atoms with E-state index in [0.29, 0.717) is 0 Å². The van der Waals surface area contributed by atoms with Gasteiger partial charge in [0, 0.05) is 32.7 Å². The van der Waals surface area contributed by atoms with Gasteiger partial charge in [0.1, 0.15) is 0 Å². The molecule has 0 spiro atoms. The molecule has 1 aromatic carbocycles. The first-order valence-corrected chi connectivity index (χ1v) is 5.78. The van der Waals surface area contributed by atoms with Crippen molar-refractivity contribution >= 4 is 10.9 Å². The Labute approximate surface area is 135 Å². The summed E-state index contributed by atoms with van der Waals surface area (Å²) in [6.07, 6.45) is 2.02. The Hall–Kier alpha value is -0.176. The minimum absolute atomic E-state index is 0. The van der Waals surface area contributed by atoms with E-state index in [1.54, 1.807) is 0 Å². The number of rotatable bonds is 0. The second-order valence-corrected chi connectivity index (χ2v) is 4.33. The summed E-state index contributed by atoms with van der Waals surface area (Å²) in [5, 5.41) is 8.73. The van der Waals surface area contributed by atoms with Gasteiger partial charge in [-0.1, -0.05) is 43.3 Å². The molecule has 0 bridgehead atoms. The van der Waals surface area contributed by atoms with Crippen LogP contribution in [0.1, 0.15) is 22.3 Å². The number of aliphatic hydroxyl groups excluding tert-OH is 1. The molecule has 2 aromatic rings. The molecule has 0 aliphatic carbocycles. The van der Waals surface area contributed by atoms with E-state index in [9.17, 15) is 0 Å². The molecule has 2 rings (SSSR count). The van der Waals surface area contributed by atoms with E-state index in [1.807, 2.05) is 6.20 Å².